The Kier molecular flexibility index (Phi) is 4.92. The maximum atomic E-state index is 14.2. The normalized spacial score (nSPS) is 11.1. The first kappa shape index (κ1) is 18.3. The van der Waals surface area contributed by atoms with E-state index in [1.54, 1.807) is 10.6 Å². The van der Waals surface area contributed by atoms with Crippen LogP contribution >= 0.6 is 11.6 Å². The van der Waals surface area contributed by atoms with E-state index >= 15 is 0 Å². The number of fused-ring (bicyclic) bond motifs is 1. The van der Waals surface area contributed by atoms with E-state index < -0.39 is 11.8 Å². The number of nitrogens with zero attached hydrogens (tertiary/aromatic N) is 2. The first-order chi connectivity index (χ1) is 12.4. The molecule has 3 aromatic rings. The molecule has 0 atom stereocenters. The number of halogens is 2. The summed E-state index contributed by atoms with van der Waals surface area (Å²) in [5, 5.41) is 10.4. The van der Waals surface area contributed by atoms with Crippen LogP contribution in [0.25, 0.3) is 16.6 Å². The predicted octanol–water partition coefficient (Wildman–Crippen LogP) is 5.28. The second kappa shape index (κ2) is 7.00. The van der Waals surface area contributed by atoms with Gasteiger partial charge in [0, 0.05) is 24.2 Å². The number of aryl methyl sites for hydroxylation is 1. The second-order valence-electron chi connectivity index (χ2n) is 6.10. The van der Waals surface area contributed by atoms with Crippen LogP contribution in [-0.2, 0) is 0 Å². The predicted molar refractivity (Wildman–Crippen MR) is 104 cm³/mol. The molecule has 0 aliphatic heterocycles. The standard InChI is InChI=1S/C20H20ClFN2O2/c1-4-23(5-2)18-16-15(10-9-14(22)17(16)21)24(19(18)20(25)26)13-8-6-7-12(3)11-13/h6-11H,4-5H2,1-3H3,(H,25,26). The first-order valence-corrected chi connectivity index (χ1v) is 8.86. The fraction of sp³-hybridized carbons (Fsp3) is 0.250. The molecule has 0 saturated carbocycles. The van der Waals surface area contributed by atoms with Gasteiger partial charge in [0.2, 0.25) is 0 Å². The van der Waals surface area contributed by atoms with Gasteiger partial charge >= 0.3 is 5.97 Å². The third-order valence-corrected chi connectivity index (χ3v) is 4.91. The van der Waals surface area contributed by atoms with E-state index in [1.807, 2.05) is 49.9 Å². The van der Waals surface area contributed by atoms with Crippen LogP contribution in [-0.4, -0.2) is 28.7 Å². The number of hydrogen-bond acceptors (Lipinski definition) is 2. The highest BCUT2D eigenvalue weighted by Crippen LogP contribution is 2.41. The van der Waals surface area contributed by atoms with Crippen molar-refractivity contribution in [3.63, 3.8) is 0 Å². The van der Waals surface area contributed by atoms with E-state index in [0.29, 0.717) is 35.4 Å². The third-order valence-electron chi connectivity index (χ3n) is 4.54. The van der Waals surface area contributed by atoms with Gasteiger partial charge in [-0.15, -0.1) is 0 Å². The quantitative estimate of drug-likeness (QED) is 0.661. The van der Waals surface area contributed by atoms with Crippen LogP contribution in [0.2, 0.25) is 5.02 Å². The fourth-order valence-corrected chi connectivity index (χ4v) is 3.63. The van der Waals surface area contributed by atoms with Crippen LogP contribution in [0, 0.1) is 12.7 Å². The molecule has 0 fully saturated rings. The Morgan fingerprint density at radius 3 is 2.50 bits per heavy atom. The second-order valence-corrected chi connectivity index (χ2v) is 6.48. The Morgan fingerprint density at radius 2 is 1.92 bits per heavy atom. The molecule has 1 N–H and O–H groups in total. The van der Waals surface area contributed by atoms with Crippen molar-refractivity contribution in [3.05, 3.63) is 58.5 Å². The van der Waals surface area contributed by atoms with Gasteiger partial charge in [0.05, 0.1) is 16.2 Å². The number of carboxylic acids is 1. The van der Waals surface area contributed by atoms with Gasteiger partial charge in [-0.1, -0.05) is 23.7 Å². The molecule has 0 unspecified atom stereocenters. The Hall–Kier alpha value is -2.53. The zero-order valence-electron chi connectivity index (χ0n) is 14.9. The minimum atomic E-state index is -1.08. The van der Waals surface area contributed by atoms with Crippen LogP contribution in [0.3, 0.4) is 0 Å². The number of benzene rings is 2. The molecule has 26 heavy (non-hydrogen) atoms. The summed E-state index contributed by atoms with van der Waals surface area (Å²) in [5.41, 5.74) is 2.80. The molecule has 1 heterocycles. The van der Waals surface area contributed by atoms with Gasteiger partial charge in [-0.3, -0.25) is 0 Å². The van der Waals surface area contributed by atoms with Gasteiger partial charge < -0.3 is 14.6 Å². The van der Waals surface area contributed by atoms with Crippen molar-refractivity contribution in [1.29, 1.82) is 0 Å². The number of rotatable bonds is 5. The number of aromatic carboxylic acids is 1. The lowest BCUT2D eigenvalue weighted by Crippen LogP contribution is -2.24. The lowest BCUT2D eigenvalue weighted by Gasteiger charge is -2.22. The minimum absolute atomic E-state index is 0.0571. The molecule has 1 aromatic heterocycles. The fourth-order valence-electron chi connectivity index (χ4n) is 3.38. The maximum Gasteiger partial charge on any atom is 0.355 e. The highest BCUT2D eigenvalue weighted by molar-refractivity contribution is 6.37. The summed E-state index contributed by atoms with van der Waals surface area (Å²) in [5.74, 6) is -1.65. The average Bonchev–Trinajstić information content (AvgIpc) is 2.95. The zero-order valence-corrected chi connectivity index (χ0v) is 15.6. The Balaban J connectivity index is 2.54. The van der Waals surface area contributed by atoms with E-state index in [0.717, 1.165) is 5.56 Å². The molecule has 0 saturated heterocycles. The molecular formula is C20H20ClFN2O2. The van der Waals surface area contributed by atoms with Crippen LogP contribution in [0.15, 0.2) is 36.4 Å². The smallest absolute Gasteiger partial charge is 0.355 e. The van der Waals surface area contributed by atoms with Crippen molar-refractivity contribution in [3.8, 4) is 5.69 Å². The number of hydrogen-bond donors (Lipinski definition) is 1. The number of aromatic nitrogens is 1. The SMILES string of the molecule is CCN(CC)c1c(C(=O)O)n(-c2cccc(C)c2)c2ccc(F)c(Cl)c12. The molecule has 0 aliphatic rings. The monoisotopic (exact) mass is 374 g/mol. The van der Waals surface area contributed by atoms with Crippen LogP contribution in [0.4, 0.5) is 10.1 Å². The summed E-state index contributed by atoms with van der Waals surface area (Å²) < 4.78 is 15.8. The summed E-state index contributed by atoms with van der Waals surface area (Å²) in [7, 11) is 0. The van der Waals surface area contributed by atoms with E-state index in [9.17, 15) is 14.3 Å². The number of carboxylic acid groups (broad SMARTS) is 1. The van der Waals surface area contributed by atoms with Gasteiger partial charge in [0.1, 0.15) is 5.82 Å². The van der Waals surface area contributed by atoms with Gasteiger partial charge in [-0.25, -0.2) is 9.18 Å². The Bertz CT molecular complexity index is 993. The molecule has 0 aliphatic carbocycles. The largest absolute Gasteiger partial charge is 0.476 e. The zero-order chi connectivity index (χ0) is 19.0. The lowest BCUT2D eigenvalue weighted by molar-refractivity contribution is 0.0689. The molecule has 6 heteroatoms. The highest BCUT2D eigenvalue weighted by atomic mass is 35.5. The van der Waals surface area contributed by atoms with Gasteiger partial charge in [-0.2, -0.15) is 0 Å². The molecule has 0 spiro atoms. The van der Waals surface area contributed by atoms with E-state index in [-0.39, 0.29) is 10.7 Å². The van der Waals surface area contributed by atoms with E-state index in [1.165, 1.54) is 6.07 Å². The summed E-state index contributed by atoms with van der Waals surface area (Å²) >= 11 is 6.29. The minimum Gasteiger partial charge on any atom is -0.476 e. The first-order valence-electron chi connectivity index (χ1n) is 8.48. The van der Waals surface area contributed by atoms with Crippen molar-refractivity contribution in [1.82, 2.24) is 4.57 Å². The molecule has 3 rings (SSSR count). The van der Waals surface area contributed by atoms with Gasteiger partial charge in [-0.05, 0) is 50.6 Å². The van der Waals surface area contributed by atoms with E-state index in [4.69, 9.17) is 11.6 Å². The molecule has 0 radical (unpaired) electrons. The highest BCUT2D eigenvalue weighted by Gasteiger charge is 2.28. The van der Waals surface area contributed by atoms with Crippen LogP contribution in [0.1, 0.15) is 29.9 Å². The summed E-state index contributed by atoms with van der Waals surface area (Å²) in [6.07, 6.45) is 0. The third kappa shape index (κ3) is 2.82. The number of carbonyl (C=O) groups is 1. The Morgan fingerprint density at radius 1 is 1.23 bits per heavy atom. The van der Waals surface area contributed by atoms with Gasteiger partial charge in [0.25, 0.3) is 0 Å². The summed E-state index contributed by atoms with van der Waals surface area (Å²) in [4.78, 5) is 14.1. The molecule has 2 aromatic carbocycles. The van der Waals surface area contributed by atoms with Crippen molar-refractivity contribution >= 4 is 34.2 Å². The summed E-state index contributed by atoms with van der Waals surface area (Å²) in [6, 6.07) is 10.4. The summed E-state index contributed by atoms with van der Waals surface area (Å²) in [6.45, 7) is 6.96. The van der Waals surface area contributed by atoms with Crippen molar-refractivity contribution in [2.24, 2.45) is 0 Å². The van der Waals surface area contributed by atoms with Crippen molar-refractivity contribution in [2.75, 3.05) is 18.0 Å². The average molecular weight is 375 g/mol. The molecule has 0 bridgehead atoms. The molecule has 0 amide bonds. The molecule has 4 nitrogen and oxygen atoms in total. The topological polar surface area (TPSA) is 45.5 Å². The van der Waals surface area contributed by atoms with Crippen LogP contribution in [0.5, 0.6) is 0 Å². The van der Waals surface area contributed by atoms with E-state index in [2.05, 4.69) is 0 Å². The number of anilines is 1. The Labute approximate surface area is 156 Å². The van der Waals surface area contributed by atoms with Crippen molar-refractivity contribution < 1.29 is 14.3 Å². The lowest BCUT2D eigenvalue weighted by atomic mass is 10.2. The molecule has 136 valence electrons. The maximum absolute atomic E-state index is 14.2. The van der Waals surface area contributed by atoms with Gasteiger partial charge in [0.15, 0.2) is 5.69 Å². The van der Waals surface area contributed by atoms with Crippen LogP contribution < -0.4 is 4.90 Å². The van der Waals surface area contributed by atoms with Crippen molar-refractivity contribution in [2.45, 2.75) is 20.8 Å². The molecular weight excluding hydrogens is 355 g/mol.